The topological polar surface area (TPSA) is 42.0 Å². The van der Waals surface area contributed by atoms with Crippen molar-refractivity contribution in [3.63, 3.8) is 0 Å². The molecule has 3 rings (SSSR count). The molecule has 1 aromatic carbocycles. The Morgan fingerprint density at radius 3 is 2.57 bits per heavy atom. The van der Waals surface area contributed by atoms with Gasteiger partial charge in [-0.3, -0.25) is 4.90 Å². The lowest BCUT2D eigenvalue weighted by molar-refractivity contribution is -0.0788. The van der Waals surface area contributed by atoms with Crippen LogP contribution in [-0.4, -0.2) is 60.3 Å². The molecule has 126 valence electrons. The van der Waals surface area contributed by atoms with Gasteiger partial charge in [0.2, 0.25) is 0 Å². The van der Waals surface area contributed by atoms with Gasteiger partial charge < -0.3 is 14.4 Å². The number of ether oxygens (including phenoxy) is 2. The Kier molecular flexibility index (Phi) is 5.18. The smallest absolute Gasteiger partial charge is 0.410 e. The molecule has 0 aliphatic carbocycles. The molecule has 2 fully saturated rings. The minimum Gasteiger partial charge on any atom is -0.445 e. The Hall–Kier alpha value is -1.59. The van der Waals surface area contributed by atoms with E-state index >= 15 is 0 Å². The predicted octanol–water partition coefficient (Wildman–Crippen LogP) is 2.51. The molecular weight excluding hydrogens is 292 g/mol. The first-order valence-electron chi connectivity index (χ1n) is 8.47. The van der Waals surface area contributed by atoms with Crippen LogP contribution in [0.1, 0.15) is 25.8 Å². The van der Waals surface area contributed by atoms with Crippen LogP contribution in [0.2, 0.25) is 0 Å². The van der Waals surface area contributed by atoms with Crippen LogP contribution in [0.25, 0.3) is 0 Å². The fourth-order valence-electron chi connectivity index (χ4n) is 3.53. The van der Waals surface area contributed by atoms with Crippen molar-refractivity contribution >= 4 is 6.09 Å². The quantitative estimate of drug-likeness (QED) is 0.859. The lowest BCUT2D eigenvalue weighted by Gasteiger charge is -2.38. The second-order valence-electron chi connectivity index (χ2n) is 6.64. The highest BCUT2D eigenvalue weighted by atomic mass is 16.6. The molecule has 2 aliphatic heterocycles. The normalized spacial score (nSPS) is 28.8. The van der Waals surface area contributed by atoms with E-state index in [1.54, 1.807) is 0 Å². The van der Waals surface area contributed by atoms with Crippen LogP contribution in [0.15, 0.2) is 30.3 Å². The van der Waals surface area contributed by atoms with Crippen molar-refractivity contribution in [2.24, 2.45) is 0 Å². The van der Waals surface area contributed by atoms with E-state index in [-0.39, 0.29) is 18.3 Å². The number of carbonyl (C=O) groups is 1. The maximum atomic E-state index is 12.2. The molecule has 0 radical (unpaired) electrons. The molecule has 1 unspecified atom stereocenters. The Morgan fingerprint density at radius 1 is 1.17 bits per heavy atom. The molecule has 2 aliphatic rings. The number of benzene rings is 1. The number of carbonyl (C=O) groups excluding carboxylic acids is 1. The molecule has 1 aromatic rings. The van der Waals surface area contributed by atoms with E-state index in [1.807, 2.05) is 35.2 Å². The van der Waals surface area contributed by atoms with Crippen molar-refractivity contribution in [3.05, 3.63) is 35.9 Å². The summed E-state index contributed by atoms with van der Waals surface area (Å²) in [4.78, 5) is 16.5. The average Bonchev–Trinajstić information content (AvgIpc) is 3.03. The van der Waals surface area contributed by atoms with Crippen LogP contribution in [0, 0.1) is 0 Å². The zero-order valence-corrected chi connectivity index (χ0v) is 14.0. The maximum absolute atomic E-state index is 12.2. The average molecular weight is 318 g/mol. The standard InChI is InChI=1S/C18H26N2O3/c1-14-10-20(11-15(2)23-14)17-8-9-19(12-17)18(21)22-13-16-6-4-3-5-7-16/h3-7,14-15,17H,8-13H2,1-2H3/t14-,15+,17?. The highest BCUT2D eigenvalue weighted by molar-refractivity contribution is 5.68. The Labute approximate surface area is 138 Å². The minimum atomic E-state index is -0.203. The molecule has 5 heteroatoms. The summed E-state index contributed by atoms with van der Waals surface area (Å²) in [5, 5.41) is 0. The summed E-state index contributed by atoms with van der Waals surface area (Å²) in [5.41, 5.74) is 1.02. The molecule has 5 nitrogen and oxygen atoms in total. The largest absolute Gasteiger partial charge is 0.445 e. The van der Waals surface area contributed by atoms with Crippen molar-refractivity contribution in [1.29, 1.82) is 0 Å². The van der Waals surface area contributed by atoms with Crippen molar-refractivity contribution < 1.29 is 14.3 Å². The molecular formula is C18H26N2O3. The molecule has 0 N–H and O–H groups in total. The second-order valence-corrected chi connectivity index (χ2v) is 6.64. The van der Waals surface area contributed by atoms with Crippen LogP contribution >= 0.6 is 0 Å². The number of hydrogen-bond donors (Lipinski definition) is 0. The van der Waals surface area contributed by atoms with E-state index in [0.29, 0.717) is 12.6 Å². The van der Waals surface area contributed by atoms with E-state index in [2.05, 4.69) is 18.7 Å². The molecule has 2 saturated heterocycles. The molecule has 0 spiro atoms. The summed E-state index contributed by atoms with van der Waals surface area (Å²) in [5.74, 6) is 0. The monoisotopic (exact) mass is 318 g/mol. The fourth-order valence-corrected chi connectivity index (χ4v) is 3.53. The Morgan fingerprint density at radius 2 is 1.87 bits per heavy atom. The van der Waals surface area contributed by atoms with Crippen LogP contribution in [0.4, 0.5) is 4.79 Å². The summed E-state index contributed by atoms with van der Waals surface area (Å²) in [7, 11) is 0. The van der Waals surface area contributed by atoms with E-state index in [1.165, 1.54) is 0 Å². The van der Waals surface area contributed by atoms with E-state index < -0.39 is 0 Å². The van der Waals surface area contributed by atoms with Gasteiger partial charge in [0.15, 0.2) is 0 Å². The van der Waals surface area contributed by atoms with E-state index in [9.17, 15) is 4.79 Å². The van der Waals surface area contributed by atoms with Crippen molar-refractivity contribution in [1.82, 2.24) is 9.80 Å². The van der Waals surface area contributed by atoms with Gasteiger partial charge >= 0.3 is 6.09 Å². The first kappa shape index (κ1) is 16.3. The molecule has 0 bridgehead atoms. The van der Waals surface area contributed by atoms with Gasteiger partial charge in [0.05, 0.1) is 12.2 Å². The zero-order chi connectivity index (χ0) is 16.2. The van der Waals surface area contributed by atoms with Crippen LogP contribution in [0.3, 0.4) is 0 Å². The second kappa shape index (κ2) is 7.32. The van der Waals surface area contributed by atoms with E-state index in [4.69, 9.17) is 9.47 Å². The molecule has 0 saturated carbocycles. The first-order chi connectivity index (χ1) is 11.1. The molecule has 2 heterocycles. The third kappa shape index (κ3) is 4.24. The Bertz CT molecular complexity index is 512. The molecule has 0 aromatic heterocycles. The van der Waals surface area contributed by atoms with Gasteiger partial charge in [0.1, 0.15) is 6.61 Å². The third-order valence-corrected chi connectivity index (χ3v) is 4.59. The number of hydrogen-bond acceptors (Lipinski definition) is 4. The van der Waals surface area contributed by atoms with Gasteiger partial charge in [-0.15, -0.1) is 0 Å². The highest BCUT2D eigenvalue weighted by Crippen LogP contribution is 2.21. The van der Waals surface area contributed by atoms with E-state index in [0.717, 1.165) is 38.2 Å². The van der Waals surface area contributed by atoms with Crippen LogP contribution < -0.4 is 0 Å². The van der Waals surface area contributed by atoms with Crippen LogP contribution in [0.5, 0.6) is 0 Å². The predicted molar refractivity (Wildman–Crippen MR) is 88.2 cm³/mol. The van der Waals surface area contributed by atoms with Gasteiger partial charge in [0.25, 0.3) is 0 Å². The summed E-state index contributed by atoms with van der Waals surface area (Å²) >= 11 is 0. The lowest BCUT2D eigenvalue weighted by atomic mass is 10.1. The van der Waals surface area contributed by atoms with Crippen LogP contribution in [-0.2, 0) is 16.1 Å². The van der Waals surface area contributed by atoms with Crippen molar-refractivity contribution in [3.8, 4) is 0 Å². The SMILES string of the molecule is C[C@@H]1CN(C2CCN(C(=O)OCc3ccccc3)C2)C[C@H](C)O1. The Balaban J connectivity index is 1.48. The zero-order valence-electron chi connectivity index (χ0n) is 14.0. The highest BCUT2D eigenvalue weighted by Gasteiger charge is 2.34. The number of likely N-dealkylation sites (tertiary alicyclic amines) is 1. The van der Waals surface area contributed by atoms with Crippen molar-refractivity contribution in [2.75, 3.05) is 26.2 Å². The fraction of sp³-hybridized carbons (Fsp3) is 0.611. The van der Waals surface area contributed by atoms with Gasteiger partial charge in [-0.2, -0.15) is 0 Å². The first-order valence-corrected chi connectivity index (χ1v) is 8.47. The molecule has 1 amide bonds. The minimum absolute atomic E-state index is 0.203. The van der Waals surface area contributed by atoms with Gasteiger partial charge in [0, 0.05) is 32.2 Å². The van der Waals surface area contributed by atoms with Crippen molar-refractivity contribution in [2.45, 2.75) is 45.1 Å². The summed E-state index contributed by atoms with van der Waals surface area (Å²) in [6, 6.07) is 10.2. The summed E-state index contributed by atoms with van der Waals surface area (Å²) in [6.07, 6.45) is 1.33. The summed E-state index contributed by atoms with van der Waals surface area (Å²) < 4.78 is 11.2. The molecule has 3 atom stereocenters. The van der Waals surface area contributed by atoms with Gasteiger partial charge in [-0.1, -0.05) is 30.3 Å². The number of morpholine rings is 1. The lowest BCUT2D eigenvalue weighted by Crippen LogP contribution is -2.51. The third-order valence-electron chi connectivity index (χ3n) is 4.59. The van der Waals surface area contributed by atoms with Gasteiger partial charge in [-0.05, 0) is 25.8 Å². The number of nitrogens with zero attached hydrogens (tertiary/aromatic N) is 2. The van der Waals surface area contributed by atoms with Gasteiger partial charge in [-0.25, -0.2) is 4.79 Å². The number of rotatable bonds is 3. The number of amides is 1. The maximum Gasteiger partial charge on any atom is 0.410 e. The summed E-state index contributed by atoms with van der Waals surface area (Å²) in [6.45, 7) is 7.99. The molecule has 23 heavy (non-hydrogen) atoms.